The highest BCUT2D eigenvalue weighted by atomic mass is 35.5. The van der Waals surface area contributed by atoms with Gasteiger partial charge in [0, 0.05) is 26.9 Å². The Morgan fingerprint density at radius 2 is 2.28 bits per heavy atom. The largest absolute Gasteiger partial charge is 0.383 e. The molecular weight excluding hydrogens is 283 g/mol. The average Bonchev–Trinajstić information content (AvgIpc) is 2.29. The second kappa shape index (κ2) is 6.42. The summed E-state index contributed by atoms with van der Waals surface area (Å²) in [4.78, 5) is 3.55. The number of rotatable bonds is 6. The standard InChI is InChI=1S/C10H14ClFN2O3S/c1-14(6-8(11)7-17-2)18(15,16)10-9(12)4-3-5-13-10/h3-5,8H,6-7H2,1-2H3. The molecule has 0 amide bonds. The van der Waals surface area contributed by atoms with Gasteiger partial charge in [-0.3, -0.25) is 0 Å². The van der Waals surface area contributed by atoms with Crippen molar-refractivity contribution in [3.8, 4) is 0 Å². The molecule has 0 bridgehead atoms. The fraction of sp³-hybridized carbons (Fsp3) is 0.500. The molecule has 0 aliphatic rings. The molecular formula is C10H14ClFN2O3S. The maximum absolute atomic E-state index is 13.4. The lowest BCUT2D eigenvalue weighted by atomic mass is 10.4. The summed E-state index contributed by atoms with van der Waals surface area (Å²) in [6.07, 6.45) is 1.22. The van der Waals surface area contributed by atoms with Crippen molar-refractivity contribution >= 4 is 21.6 Å². The Labute approximate surface area is 111 Å². The Balaban J connectivity index is 2.90. The molecule has 0 aliphatic carbocycles. The molecule has 1 aromatic rings. The van der Waals surface area contributed by atoms with Gasteiger partial charge in [-0.25, -0.2) is 17.8 Å². The Morgan fingerprint density at radius 1 is 1.61 bits per heavy atom. The maximum atomic E-state index is 13.4. The normalized spacial score (nSPS) is 13.8. The van der Waals surface area contributed by atoms with E-state index in [0.717, 1.165) is 10.4 Å². The van der Waals surface area contributed by atoms with Crippen molar-refractivity contribution in [2.75, 3.05) is 27.3 Å². The zero-order chi connectivity index (χ0) is 13.8. The number of sulfonamides is 1. The lowest BCUT2D eigenvalue weighted by molar-refractivity contribution is 0.192. The van der Waals surface area contributed by atoms with Crippen LogP contribution in [-0.2, 0) is 14.8 Å². The van der Waals surface area contributed by atoms with E-state index in [1.165, 1.54) is 26.4 Å². The summed E-state index contributed by atoms with van der Waals surface area (Å²) in [7, 11) is -1.20. The number of aromatic nitrogens is 1. The molecule has 0 N–H and O–H groups in total. The van der Waals surface area contributed by atoms with Crippen LogP contribution in [0.25, 0.3) is 0 Å². The summed E-state index contributed by atoms with van der Waals surface area (Å²) in [5.74, 6) is -0.887. The molecule has 0 aliphatic heterocycles. The predicted octanol–water partition coefficient (Wildman–Crippen LogP) is 1.09. The third kappa shape index (κ3) is 3.61. The minimum absolute atomic E-state index is 0.00768. The third-order valence-electron chi connectivity index (χ3n) is 2.18. The molecule has 1 rings (SSSR count). The molecule has 0 spiro atoms. The highest BCUT2D eigenvalue weighted by molar-refractivity contribution is 7.89. The summed E-state index contributed by atoms with van der Waals surface area (Å²) in [5, 5.41) is -1.12. The van der Waals surface area contributed by atoms with Crippen molar-refractivity contribution in [3.05, 3.63) is 24.1 Å². The molecule has 18 heavy (non-hydrogen) atoms. The maximum Gasteiger partial charge on any atom is 0.263 e. The van der Waals surface area contributed by atoms with E-state index < -0.39 is 26.2 Å². The predicted molar refractivity (Wildman–Crippen MR) is 65.5 cm³/mol. The fourth-order valence-electron chi connectivity index (χ4n) is 1.32. The zero-order valence-corrected chi connectivity index (χ0v) is 11.6. The summed E-state index contributed by atoms with van der Waals surface area (Å²) in [6, 6.07) is 2.37. The molecule has 0 aromatic carbocycles. The van der Waals surface area contributed by atoms with Crippen molar-refractivity contribution in [2.24, 2.45) is 0 Å². The number of alkyl halides is 1. The van der Waals surface area contributed by atoms with Crippen molar-refractivity contribution in [2.45, 2.75) is 10.4 Å². The number of ether oxygens (including phenoxy) is 1. The van der Waals surface area contributed by atoms with Crippen LogP contribution >= 0.6 is 11.6 Å². The van der Waals surface area contributed by atoms with Gasteiger partial charge >= 0.3 is 0 Å². The number of pyridine rings is 1. The van der Waals surface area contributed by atoms with Gasteiger partial charge < -0.3 is 4.74 Å². The van der Waals surface area contributed by atoms with E-state index in [4.69, 9.17) is 16.3 Å². The summed E-state index contributed by atoms with van der Waals surface area (Å²) in [5.41, 5.74) is 0. The van der Waals surface area contributed by atoms with E-state index in [1.54, 1.807) is 0 Å². The quantitative estimate of drug-likeness (QED) is 0.738. The average molecular weight is 297 g/mol. The first-order chi connectivity index (χ1) is 8.39. The molecule has 0 radical (unpaired) electrons. The van der Waals surface area contributed by atoms with Crippen LogP contribution in [0.5, 0.6) is 0 Å². The van der Waals surface area contributed by atoms with Crippen molar-refractivity contribution < 1.29 is 17.5 Å². The number of methoxy groups -OCH3 is 1. The summed E-state index contributed by atoms with van der Waals surface area (Å²) in [6.45, 7) is 0.208. The van der Waals surface area contributed by atoms with Crippen LogP contribution in [0.15, 0.2) is 23.4 Å². The number of hydrogen-bond acceptors (Lipinski definition) is 4. The molecule has 0 saturated carbocycles. The van der Waals surface area contributed by atoms with Crippen LogP contribution in [0.2, 0.25) is 0 Å². The number of nitrogens with zero attached hydrogens (tertiary/aromatic N) is 2. The molecule has 0 saturated heterocycles. The van der Waals surface area contributed by atoms with Crippen LogP contribution in [0.3, 0.4) is 0 Å². The van der Waals surface area contributed by atoms with Gasteiger partial charge in [0.1, 0.15) is 0 Å². The third-order valence-corrected chi connectivity index (χ3v) is 4.20. The van der Waals surface area contributed by atoms with Crippen molar-refractivity contribution in [1.82, 2.24) is 9.29 Å². The summed E-state index contributed by atoms with van der Waals surface area (Å²) < 4.78 is 43.2. The molecule has 0 fully saturated rings. The van der Waals surface area contributed by atoms with E-state index in [1.807, 2.05) is 0 Å². The Bertz CT molecular complexity index is 498. The smallest absolute Gasteiger partial charge is 0.263 e. The summed E-state index contributed by atoms with van der Waals surface area (Å²) >= 11 is 5.86. The molecule has 5 nitrogen and oxygen atoms in total. The SMILES string of the molecule is COCC(Cl)CN(C)S(=O)(=O)c1ncccc1F. The topological polar surface area (TPSA) is 59.5 Å². The molecule has 1 aromatic heterocycles. The van der Waals surface area contributed by atoms with Crippen LogP contribution in [0.1, 0.15) is 0 Å². The zero-order valence-electron chi connectivity index (χ0n) is 10.0. The lowest BCUT2D eigenvalue weighted by Gasteiger charge is -2.19. The number of hydrogen-bond donors (Lipinski definition) is 0. The first kappa shape index (κ1) is 15.3. The van der Waals surface area contributed by atoms with Gasteiger partial charge in [-0.15, -0.1) is 11.6 Å². The van der Waals surface area contributed by atoms with Gasteiger partial charge in [0.15, 0.2) is 5.82 Å². The Morgan fingerprint density at radius 3 is 2.83 bits per heavy atom. The van der Waals surface area contributed by atoms with Gasteiger partial charge in [0.25, 0.3) is 10.0 Å². The van der Waals surface area contributed by atoms with E-state index >= 15 is 0 Å². The fourth-order valence-corrected chi connectivity index (χ4v) is 2.91. The van der Waals surface area contributed by atoms with Crippen LogP contribution in [0.4, 0.5) is 4.39 Å². The minimum atomic E-state index is -3.98. The van der Waals surface area contributed by atoms with Gasteiger partial charge in [-0.2, -0.15) is 4.31 Å². The van der Waals surface area contributed by atoms with Gasteiger partial charge in [-0.05, 0) is 12.1 Å². The van der Waals surface area contributed by atoms with E-state index in [0.29, 0.717) is 0 Å². The van der Waals surface area contributed by atoms with Crippen LogP contribution in [-0.4, -0.2) is 50.4 Å². The van der Waals surface area contributed by atoms with Gasteiger partial charge in [0.2, 0.25) is 5.03 Å². The minimum Gasteiger partial charge on any atom is -0.383 e. The highest BCUT2D eigenvalue weighted by Crippen LogP contribution is 2.16. The first-order valence-electron chi connectivity index (χ1n) is 5.09. The van der Waals surface area contributed by atoms with Gasteiger partial charge in [0.05, 0.1) is 12.0 Å². The van der Waals surface area contributed by atoms with Gasteiger partial charge in [-0.1, -0.05) is 0 Å². The Kier molecular flexibility index (Phi) is 5.46. The van der Waals surface area contributed by atoms with E-state index in [2.05, 4.69) is 4.98 Å². The Hall–Kier alpha value is -0.760. The lowest BCUT2D eigenvalue weighted by Crippen LogP contribution is -2.34. The second-order valence-electron chi connectivity index (χ2n) is 3.63. The van der Waals surface area contributed by atoms with Crippen LogP contribution < -0.4 is 0 Å². The van der Waals surface area contributed by atoms with E-state index in [-0.39, 0.29) is 13.2 Å². The highest BCUT2D eigenvalue weighted by Gasteiger charge is 2.27. The molecule has 1 atom stereocenters. The molecule has 8 heteroatoms. The monoisotopic (exact) mass is 296 g/mol. The second-order valence-corrected chi connectivity index (χ2v) is 6.21. The van der Waals surface area contributed by atoms with Crippen molar-refractivity contribution in [3.63, 3.8) is 0 Å². The molecule has 1 unspecified atom stereocenters. The first-order valence-corrected chi connectivity index (χ1v) is 6.97. The van der Waals surface area contributed by atoms with Crippen molar-refractivity contribution in [1.29, 1.82) is 0 Å². The van der Waals surface area contributed by atoms with Crippen LogP contribution in [0, 0.1) is 5.82 Å². The molecule has 102 valence electrons. The number of halogens is 2. The molecule has 1 heterocycles. The van der Waals surface area contributed by atoms with E-state index in [9.17, 15) is 12.8 Å².